The molecular formula is C15H10ClFN2O2. The topological polar surface area (TPSA) is 48.1 Å². The lowest BCUT2D eigenvalue weighted by atomic mass is 10.2. The van der Waals surface area contributed by atoms with E-state index >= 15 is 0 Å². The number of benzene rings is 2. The fourth-order valence-electron chi connectivity index (χ4n) is 2.26. The number of nitrogens with zero attached hydrogens (tertiary/aromatic N) is 2. The fraction of sp³-hybridized carbons (Fsp3) is 0.0667. The molecule has 0 aliphatic heterocycles. The van der Waals surface area contributed by atoms with Crippen molar-refractivity contribution in [3.63, 3.8) is 0 Å². The Morgan fingerprint density at radius 2 is 2.00 bits per heavy atom. The molecule has 0 N–H and O–H groups in total. The highest BCUT2D eigenvalue weighted by Crippen LogP contribution is 2.23. The zero-order chi connectivity index (χ0) is 15.0. The van der Waals surface area contributed by atoms with Gasteiger partial charge in [-0.05, 0) is 29.8 Å². The van der Waals surface area contributed by atoms with E-state index in [0.29, 0.717) is 6.54 Å². The van der Waals surface area contributed by atoms with Crippen LogP contribution in [0.1, 0.15) is 5.56 Å². The fourth-order valence-corrected chi connectivity index (χ4v) is 2.38. The summed E-state index contributed by atoms with van der Waals surface area (Å²) in [5.74, 6) is -0.475. The van der Waals surface area contributed by atoms with Crippen LogP contribution in [0.2, 0.25) is 5.02 Å². The highest BCUT2D eigenvalue weighted by atomic mass is 35.5. The quantitative estimate of drug-likeness (QED) is 0.532. The summed E-state index contributed by atoms with van der Waals surface area (Å²) < 4.78 is 15.3. The molecule has 1 heterocycles. The number of nitro benzene ring substituents is 1. The van der Waals surface area contributed by atoms with Crippen molar-refractivity contribution < 1.29 is 9.31 Å². The molecule has 0 atom stereocenters. The molecule has 0 amide bonds. The van der Waals surface area contributed by atoms with Crippen molar-refractivity contribution in [1.29, 1.82) is 0 Å². The summed E-state index contributed by atoms with van der Waals surface area (Å²) in [6, 6.07) is 11.1. The number of non-ortho nitro benzene ring substituents is 1. The van der Waals surface area contributed by atoms with Crippen LogP contribution in [0.3, 0.4) is 0 Å². The molecule has 4 nitrogen and oxygen atoms in total. The van der Waals surface area contributed by atoms with Gasteiger partial charge in [-0.1, -0.05) is 17.7 Å². The number of halogens is 2. The number of nitro groups is 1. The molecule has 6 heteroatoms. The minimum absolute atomic E-state index is 0.0322. The second kappa shape index (κ2) is 5.18. The molecule has 0 radical (unpaired) electrons. The van der Waals surface area contributed by atoms with Crippen molar-refractivity contribution in [2.75, 3.05) is 0 Å². The third-order valence-corrected chi connectivity index (χ3v) is 3.61. The van der Waals surface area contributed by atoms with Crippen LogP contribution < -0.4 is 0 Å². The Balaban J connectivity index is 2.01. The van der Waals surface area contributed by atoms with Crippen LogP contribution in [-0.2, 0) is 6.54 Å². The van der Waals surface area contributed by atoms with Crippen molar-refractivity contribution in [2.45, 2.75) is 6.54 Å². The molecule has 0 spiro atoms. The van der Waals surface area contributed by atoms with Gasteiger partial charge in [0.2, 0.25) is 0 Å². The molecule has 0 saturated heterocycles. The van der Waals surface area contributed by atoms with Crippen LogP contribution in [0, 0.1) is 15.9 Å². The van der Waals surface area contributed by atoms with Crippen LogP contribution in [0.15, 0.2) is 48.7 Å². The second-order valence-corrected chi connectivity index (χ2v) is 5.10. The van der Waals surface area contributed by atoms with Crippen LogP contribution in [0.4, 0.5) is 10.1 Å². The summed E-state index contributed by atoms with van der Waals surface area (Å²) >= 11 is 5.66. The van der Waals surface area contributed by atoms with Crippen molar-refractivity contribution >= 4 is 28.2 Å². The van der Waals surface area contributed by atoms with Gasteiger partial charge < -0.3 is 4.57 Å². The van der Waals surface area contributed by atoms with E-state index in [1.807, 2.05) is 16.8 Å². The van der Waals surface area contributed by atoms with E-state index in [9.17, 15) is 14.5 Å². The Morgan fingerprint density at radius 3 is 2.71 bits per heavy atom. The second-order valence-electron chi connectivity index (χ2n) is 4.69. The molecule has 1 aromatic heterocycles. The lowest BCUT2D eigenvalue weighted by molar-refractivity contribution is -0.384. The van der Waals surface area contributed by atoms with Crippen LogP contribution in [0.25, 0.3) is 10.9 Å². The maximum Gasteiger partial charge on any atom is 0.271 e. The summed E-state index contributed by atoms with van der Waals surface area (Å²) in [6.45, 7) is 0.415. The summed E-state index contributed by atoms with van der Waals surface area (Å²) in [4.78, 5) is 10.4. The first kappa shape index (κ1) is 13.6. The predicted molar refractivity (Wildman–Crippen MR) is 79.1 cm³/mol. The molecule has 0 bridgehead atoms. The number of hydrogen-bond donors (Lipinski definition) is 0. The molecule has 0 fully saturated rings. The third-order valence-electron chi connectivity index (χ3n) is 3.31. The monoisotopic (exact) mass is 304 g/mol. The first-order valence-electron chi connectivity index (χ1n) is 6.22. The summed E-state index contributed by atoms with van der Waals surface area (Å²) in [6.07, 6.45) is 1.82. The lowest BCUT2D eigenvalue weighted by Gasteiger charge is -2.06. The maximum absolute atomic E-state index is 13.5. The van der Waals surface area contributed by atoms with Gasteiger partial charge in [0.05, 0.1) is 15.5 Å². The summed E-state index contributed by atoms with van der Waals surface area (Å²) in [5.41, 5.74) is 1.50. The number of aromatic nitrogens is 1. The van der Waals surface area contributed by atoms with Gasteiger partial charge >= 0.3 is 0 Å². The minimum Gasteiger partial charge on any atom is -0.343 e. The zero-order valence-electron chi connectivity index (χ0n) is 10.8. The van der Waals surface area contributed by atoms with E-state index in [0.717, 1.165) is 16.5 Å². The number of fused-ring (bicyclic) bond motifs is 1. The Kier molecular flexibility index (Phi) is 3.35. The van der Waals surface area contributed by atoms with Crippen molar-refractivity contribution in [1.82, 2.24) is 4.57 Å². The van der Waals surface area contributed by atoms with Gasteiger partial charge in [-0.2, -0.15) is 0 Å². The number of hydrogen-bond acceptors (Lipinski definition) is 2. The average molecular weight is 305 g/mol. The Bertz CT molecular complexity index is 845. The van der Waals surface area contributed by atoms with E-state index in [4.69, 9.17) is 11.6 Å². The molecule has 3 aromatic rings. The third kappa shape index (κ3) is 2.60. The van der Waals surface area contributed by atoms with E-state index in [-0.39, 0.29) is 10.7 Å². The van der Waals surface area contributed by atoms with E-state index in [1.54, 1.807) is 12.1 Å². The van der Waals surface area contributed by atoms with Crippen LogP contribution in [0.5, 0.6) is 0 Å². The Labute approximate surface area is 124 Å². The van der Waals surface area contributed by atoms with Crippen LogP contribution >= 0.6 is 11.6 Å². The molecule has 3 rings (SSSR count). The first-order valence-corrected chi connectivity index (χ1v) is 6.59. The smallest absolute Gasteiger partial charge is 0.271 e. The molecule has 0 unspecified atom stereocenters. The zero-order valence-corrected chi connectivity index (χ0v) is 11.5. The minimum atomic E-state index is -0.475. The first-order chi connectivity index (χ1) is 10.0. The molecular weight excluding hydrogens is 295 g/mol. The highest BCUT2D eigenvalue weighted by Gasteiger charge is 2.10. The number of rotatable bonds is 3. The van der Waals surface area contributed by atoms with Gasteiger partial charge in [-0.3, -0.25) is 10.1 Å². The molecule has 21 heavy (non-hydrogen) atoms. The van der Waals surface area contributed by atoms with Gasteiger partial charge in [0.1, 0.15) is 5.82 Å². The molecule has 0 aliphatic rings. The Morgan fingerprint density at radius 1 is 1.19 bits per heavy atom. The van der Waals surface area contributed by atoms with E-state index < -0.39 is 10.7 Å². The van der Waals surface area contributed by atoms with E-state index in [2.05, 4.69) is 0 Å². The normalized spacial score (nSPS) is 11.0. The lowest BCUT2D eigenvalue weighted by Crippen LogP contribution is -1.99. The summed E-state index contributed by atoms with van der Waals surface area (Å²) in [7, 11) is 0. The Hall–Kier alpha value is -2.40. The van der Waals surface area contributed by atoms with Gasteiger partial charge in [-0.25, -0.2) is 4.39 Å². The highest BCUT2D eigenvalue weighted by molar-refractivity contribution is 6.30. The average Bonchev–Trinajstić information content (AvgIpc) is 2.85. The van der Waals surface area contributed by atoms with Gasteiger partial charge in [0.25, 0.3) is 5.69 Å². The largest absolute Gasteiger partial charge is 0.343 e. The van der Waals surface area contributed by atoms with Crippen molar-refractivity contribution in [3.8, 4) is 0 Å². The SMILES string of the molecule is O=[N+]([O-])c1ccc2ccn(Cc3ccc(Cl)c(F)c3)c2c1. The summed E-state index contributed by atoms with van der Waals surface area (Å²) in [5, 5.41) is 11.8. The molecule has 2 aromatic carbocycles. The van der Waals surface area contributed by atoms with Crippen molar-refractivity contribution in [3.05, 3.63) is 75.2 Å². The van der Waals surface area contributed by atoms with Gasteiger partial charge in [0, 0.05) is 30.3 Å². The van der Waals surface area contributed by atoms with Gasteiger partial charge in [0.15, 0.2) is 0 Å². The predicted octanol–water partition coefficient (Wildman–Crippen LogP) is 4.39. The van der Waals surface area contributed by atoms with Crippen LogP contribution in [-0.4, -0.2) is 9.49 Å². The molecule has 0 saturated carbocycles. The molecule has 106 valence electrons. The van der Waals surface area contributed by atoms with Gasteiger partial charge in [-0.15, -0.1) is 0 Å². The maximum atomic E-state index is 13.5. The van der Waals surface area contributed by atoms with Crippen molar-refractivity contribution in [2.24, 2.45) is 0 Å². The van der Waals surface area contributed by atoms with E-state index in [1.165, 1.54) is 24.3 Å². The molecule has 0 aliphatic carbocycles. The standard InChI is InChI=1S/C15H10ClFN2O2/c16-13-4-1-10(7-14(13)17)9-18-6-5-11-2-3-12(19(20)21)8-15(11)18/h1-8H,9H2.